The predicted octanol–water partition coefficient (Wildman–Crippen LogP) is -14.1. The molecule has 20 N–H and O–H groups in total. The summed E-state index contributed by atoms with van der Waals surface area (Å²) in [5.74, 6) is 0. The van der Waals surface area contributed by atoms with Gasteiger partial charge in [-0.1, -0.05) is 0 Å². The largest absolute Gasteiger partial charge is 0.394 e. The molecule has 31 nitrogen and oxygen atoms in total. The minimum Gasteiger partial charge on any atom is -0.394 e. The van der Waals surface area contributed by atoms with Crippen molar-refractivity contribution in [3.63, 3.8) is 0 Å². The van der Waals surface area contributed by atoms with E-state index in [0.717, 1.165) is 0 Å². The zero-order valence-corrected chi connectivity index (χ0v) is 35.0. The molecule has 6 fully saturated rings. The first-order chi connectivity index (χ1) is 31.6. The number of hydrogen-bond donors (Lipinski definition) is 20. The predicted molar refractivity (Wildman–Crippen MR) is 199 cm³/mol. The van der Waals surface area contributed by atoms with Gasteiger partial charge < -0.3 is 154 Å². The molecule has 31 heteroatoms. The highest BCUT2D eigenvalue weighted by Crippen LogP contribution is 2.35. The summed E-state index contributed by atoms with van der Waals surface area (Å²) in [5.41, 5.74) is 0. The van der Waals surface area contributed by atoms with E-state index in [9.17, 15) is 102 Å². The third kappa shape index (κ3) is 11.7. The minimum atomic E-state index is -2.05. The lowest BCUT2D eigenvalue weighted by atomic mass is 9.99. The summed E-state index contributed by atoms with van der Waals surface area (Å²) < 4.78 is 60.4. The SMILES string of the molecule is OC[C@@H](O)[C@@H]1O[C@@H](OC[C@@H](O)[C@@H]2O[C@@H](OC[C@@H](O)[C@@H]3O[C@@H](OC[C@H]4OC(O)[C@H](O)[C@@H](O)[C@H]4O)[C@H](O)[C@H]3O)[C@H](O[C@H]3O[C@H](CO)[C@@H](O)[C@H](O)[C@H]3O)[C@H]2O)[C@H](O[C@H]2O[C@H](CO)[C@@H](O)[C@H](O)[C@H]2O)[C@H]1O. The molecule has 6 rings (SSSR count). The summed E-state index contributed by atoms with van der Waals surface area (Å²) in [6.07, 6.45) is -54.9. The van der Waals surface area contributed by atoms with Gasteiger partial charge in [0.2, 0.25) is 0 Å². The van der Waals surface area contributed by atoms with Crippen LogP contribution in [0.3, 0.4) is 0 Å². The van der Waals surface area contributed by atoms with Gasteiger partial charge in [-0.15, -0.1) is 0 Å². The number of aliphatic hydroxyl groups excluding tert-OH is 20. The van der Waals surface area contributed by atoms with Crippen LogP contribution in [0.2, 0.25) is 0 Å². The van der Waals surface area contributed by atoms with Crippen LogP contribution in [0.25, 0.3) is 0 Å². The summed E-state index contributed by atoms with van der Waals surface area (Å²) >= 11 is 0. The Labute approximate surface area is 378 Å². The van der Waals surface area contributed by atoms with Crippen LogP contribution in [0.1, 0.15) is 0 Å². The standard InChI is InChI=1S/C36H62O31/c37-1-7(40)26-24(54)29(66-33-21(51)17(47)13(43)10(2-38)61-33)35(64-26)58-5-9(42)28-25(55)30(67-34-22(52)18(48)14(44)11(3-39)62-34)36(65-28)57-4-8(41)27-19(49)23(53)32(63-27)59-6-12-15(45)16(46)20(50)31(56)60-12/h7-56H,1-6H2/t7-,8-,9-,10-,11-,12-,13-,14-,15+,16+,17+,18+,19-,20-,21-,22-,23-,24+,25+,26+,27+,28+,29-,30-,31?,32-,33-,34-,35-,36-/m1/s1. The molecule has 0 aromatic rings. The highest BCUT2D eigenvalue weighted by atomic mass is 16.8. The van der Waals surface area contributed by atoms with E-state index in [1.165, 1.54) is 0 Å². The Morgan fingerprint density at radius 3 is 1.18 bits per heavy atom. The average molecular weight is 991 g/mol. The van der Waals surface area contributed by atoms with Gasteiger partial charge in [0.15, 0.2) is 37.7 Å². The Bertz CT molecular complexity index is 1510. The van der Waals surface area contributed by atoms with Crippen molar-refractivity contribution < 1.29 is 154 Å². The molecule has 0 bridgehead atoms. The Morgan fingerprint density at radius 2 is 0.731 bits per heavy atom. The summed E-state index contributed by atoms with van der Waals surface area (Å²) in [5, 5.41) is 207. The average Bonchev–Trinajstić information content (AvgIpc) is 3.91. The van der Waals surface area contributed by atoms with E-state index < -0.39 is 224 Å². The van der Waals surface area contributed by atoms with Crippen molar-refractivity contribution in [1.29, 1.82) is 0 Å². The van der Waals surface area contributed by atoms with Crippen molar-refractivity contribution in [3.8, 4) is 0 Å². The van der Waals surface area contributed by atoms with Crippen molar-refractivity contribution in [3.05, 3.63) is 0 Å². The third-order valence-corrected chi connectivity index (χ3v) is 12.3. The first-order valence-corrected chi connectivity index (χ1v) is 21.1. The number of rotatable bonds is 19. The van der Waals surface area contributed by atoms with Gasteiger partial charge in [0.05, 0.1) is 39.6 Å². The smallest absolute Gasteiger partial charge is 0.187 e. The van der Waals surface area contributed by atoms with Gasteiger partial charge in [-0.3, -0.25) is 0 Å². The van der Waals surface area contributed by atoms with Gasteiger partial charge in [0.25, 0.3) is 0 Å². The van der Waals surface area contributed by atoms with Gasteiger partial charge in [0.1, 0.15) is 146 Å². The number of hydrogen-bond acceptors (Lipinski definition) is 31. The molecule has 6 heterocycles. The molecular formula is C36H62O31. The summed E-state index contributed by atoms with van der Waals surface area (Å²) in [7, 11) is 0. The van der Waals surface area contributed by atoms with Crippen LogP contribution in [-0.2, 0) is 52.1 Å². The highest BCUT2D eigenvalue weighted by Gasteiger charge is 2.56. The fraction of sp³-hybridized carbons (Fsp3) is 1.00. The fourth-order valence-corrected chi connectivity index (χ4v) is 8.25. The second-order valence-electron chi connectivity index (χ2n) is 16.9. The molecule has 392 valence electrons. The fourth-order valence-electron chi connectivity index (χ4n) is 8.25. The summed E-state index contributed by atoms with van der Waals surface area (Å²) in [4.78, 5) is 0. The summed E-state index contributed by atoms with van der Waals surface area (Å²) in [6, 6.07) is 0. The Hall–Kier alpha value is -1.24. The molecule has 6 aliphatic rings. The normalized spacial score (nSPS) is 51.0. The molecule has 0 aromatic heterocycles. The van der Waals surface area contributed by atoms with Crippen LogP contribution in [0.4, 0.5) is 0 Å². The van der Waals surface area contributed by atoms with Crippen LogP contribution < -0.4 is 0 Å². The topological polar surface area (TPSA) is 506 Å². The van der Waals surface area contributed by atoms with Gasteiger partial charge in [-0.2, -0.15) is 0 Å². The van der Waals surface area contributed by atoms with Gasteiger partial charge in [0, 0.05) is 0 Å². The van der Waals surface area contributed by atoms with Crippen molar-refractivity contribution in [2.45, 2.75) is 184 Å². The van der Waals surface area contributed by atoms with Crippen molar-refractivity contribution in [2.24, 2.45) is 0 Å². The highest BCUT2D eigenvalue weighted by molar-refractivity contribution is 4.99. The van der Waals surface area contributed by atoms with Crippen molar-refractivity contribution in [2.75, 3.05) is 39.6 Å². The second kappa shape index (κ2) is 23.5. The second-order valence-corrected chi connectivity index (χ2v) is 16.9. The zero-order chi connectivity index (χ0) is 49.3. The quantitative estimate of drug-likeness (QED) is 0.0571. The first kappa shape index (κ1) is 55.1. The van der Waals surface area contributed by atoms with Gasteiger partial charge >= 0.3 is 0 Å². The molecule has 0 aromatic carbocycles. The molecule has 0 aliphatic carbocycles. The molecule has 6 saturated heterocycles. The summed E-state index contributed by atoms with van der Waals surface area (Å²) in [6.45, 7) is -5.22. The zero-order valence-electron chi connectivity index (χ0n) is 35.0. The maximum atomic E-state index is 11.5. The van der Waals surface area contributed by atoms with Crippen LogP contribution in [-0.4, -0.2) is 326 Å². The molecule has 67 heavy (non-hydrogen) atoms. The Morgan fingerprint density at radius 1 is 0.343 bits per heavy atom. The minimum absolute atomic E-state index is 0.682. The maximum Gasteiger partial charge on any atom is 0.187 e. The van der Waals surface area contributed by atoms with Gasteiger partial charge in [-0.05, 0) is 0 Å². The molecular weight excluding hydrogens is 928 g/mol. The Balaban J connectivity index is 1.13. The van der Waals surface area contributed by atoms with Crippen LogP contribution in [0, 0.1) is 0 Å². The van der Waals surface area contributed by atoms with Crippen LogP contribution in [0.15, 0.2) is 0 Å². The molecule has 30 atom stereocenters. The van der Waals surface area contributed by atoms with E-state index in [0.29, 0.717) is 0 Å². The molecule has 0 radical (unpaired) electrons. The third-order valence-electron chi connectivity index (χ3n) is 12.3. The van der Waals surface area contributed by atoms with E-state index in [4.69, 9.17) is 52.1 Å². The van der Waals surface area contributed by atoms with Crippen LogP contribution >= 0.6 is 0 Å². The molecule has 1 unspecified atom stereocenters. The number of aliphatic hydroxyl groups is 20. The molecule has 0 saturated carbocycles. The molecule has 6 aliphatic heterocycles. The lowest BCUT2D eigenvalue weighted by molar-refractivity contribution is -0.328. The van der Waals surface area contributed by atoms with E-state index in [1.54, 1.807) is 0 Å². The van der Waals surface area contributed by atoms with E-state index in [1.807, 2.05) is 0 Å². The maximum absolute atomic E-state index is 11.5. The lowest BCUT2D eigenvalue weighted by Crippen LogP contribution is -2.60. The van der Waals surface area contributed by atoms with Crippen molar-refractivity contribution in [1.82, 2.24) is 0 Å². The Kier molecular flexibility index (Phi) is 19.4. The first-order valence-electron chi connectivity index (χ1n) is 21.1. The monoisotopic (exact) mass is 990 g/mol. The molecule has 0 spiro atoms. The van der Waals surface area contributed by atoms with Crippen LogP contribution in [0.5, 0.6) is 0 Å². The lowest BCUT2D eigenvalue weighted by Gasteiger charge is -2.41. The number of ether oxygens (including phenoxy) is 11. The van der Waals surface area contributed by atoms with E-state index in [-0.39, 0.29) is 0 Å². The van der Waals surface area contributed by atoms with Gasteiger partial charge in [-0.25, -0.2) is 0 Å². The van der Waals surface area contributed by atoms with E-state index in [2.05, 4.69) is 0 Å². The molecule has 0 amide bonds. The van der Waals surface area contributed by atoms with Crippen molar-refractivity contribution >= 4 is 0 Å². The van der Waals surface area contributed by atoms with E-state index >= 15 is 0 Å².